The summed E-state index contributed by atoms with van der Waals surface area (Å²) in [7, 11) is -1.44. The third-order valence-corrected chi connectivity index (χ3v) is 21.9. The van der Waals surface area contributed by atoms with Crippen LogP contribution in [0.4, 0.5) is 0 Å². The Hall–Kier alpha value is -4.35. The van der Waals surface area contributed by atoms with Crippen LogP contribution in [-0.4, -0.2) is 49.0 Å². The number of aromatic nitrogens is 4. The molecular weight excluding hydrogens is 697 g/mol. The van der Waals surface area contributed by atoms with Gasteiger partial charge in [-0.2, -0.15) is 0 Å². The highest BCUT2D eigenvalue weighted by molar-refractivity contribution is 7.00. The van der Waals surface area contributed by atoms with Crippen LogP contribution in [0.25, 0.3) is 0 Å². The summed E-state index contributed by atoms with van der Waals surface area (Å²) in [6.45, 7) is 15.3. The van der Waals surface area contributed by atoms with Crippen molar-refractivity contribution in [3.8, 4) is 0 Å². The molecule has 0 bridgehead atoms. The van der Waals surface area contributed by atoms with Crippen molar-refractivity contribution in [3.63, 3.8) is 0 Å². The van der Waals surface area contributed by atoms with E-state index in [9.17, 15) is 0 Å². The summed E-state index contributed by atoms with van der Waals surface area (Å²) < 4.78 is 20.0. The van der Waals surface area contributed by atoms with Gasteiger partial charge in [-0.15, -0.1) is 0 Å². The number of imidazole rings is 2. The fourth-order valence-corrected chi connectivity index (χ4v) is 18.5. The standard InChI is InChI=1S/C46H56N4O2Si2/c1-45(2,3)53(36-21-13-9-14-22-36,37-23-15-10-16-24-37)51-31-35-29-41-44(48-34-50(41)8)43(42-30-47-33-49(42)7)40(35)32-52-54(46(4,5)6,38-25-17-11-18-26-38)39-27-19-12-20-28-39/h9-28,30,33-35,40,43H,29,31-32H2,1-8H3/t35-,40-,43-/m1/s1. The van der Waals surface area contributed by atoms with Crippen molar-refractivity contribution in [1.29, 1.82) is 0 Å². The van der Waals surface area contributed by atoms with Crippen molar-refractivity contribution < 1.29 is 8.85 Å². The normalized spacial score (nSPS) is 18.0. The maximum Gasteiger partial charge on any atom is 0.261 e. The van der Waals surface area contributed by atoms with Gasteiger partial charge in [0.2, 0.25) is 0 Å². The first-order chi connectivity index (χ1) is 25.9. The molecule has 6 aromatic rings. The molecule has 6 nitrogen and oxygen atoms in total. The van der Waals surface area contributed by atoms with Crippen LogP contribution in [-0.2, 0) is 29.4 Å². The summed E-state index contributed by atoms with van der Waals surface area (Å²) in [5.41, 5.74) is 3.54. The highest BCUT2D eigenvalue weighted by Crippen LogP contribution is 2.46. The van der Waals surface area contributed by atoms with Gasteiger partial charge in [-0.05, 0) is 43.2 Å². The zero-order chi connectivity index (χ0) is 38.1. The molecule has 0 saturated heterocycles. The molecule has 54 heavy (non-hydrogen) atoms. The number of aryl methyl sites for hydroxylation is 2. The molecule has 1 aliphatic rings. The van der Waals surface area contributed by atoms with Crippen LogP contribution >= 0.6 is 0 Å². The maximum atomic E-state index is 7.82. The van der Waals surface area contributed by atoms with Crippen LogP contribution in [0.3, 0.4) is 0 Å². The Morgan fingerprint density at radius 1 is 0.593 bits per heavy atom. The van der Waals surface area contributed by atoms with E-state index < -0.39 is 16.6 Å². The van der Waals surface area contributed by atoms with Crippen LogP contribution in [0.5, 0.6) is 0 Å². The lowest BCUT2D eigenvalue weighted by atomic mass is 9.71. The molecule has 8 heteroatoms. The number of fused-ring (bicyclic) bond motifs is 1. The fourth-order valence-electron chi connectivity index (χ4n) is 9.27. The minimum atomic E-state index is -2.85. The smallest absolute Gasteiger partial charge is 0.261 e. The Kier molecular flexibility index (Phi) is 10.6. The minimum Gasteiger partial charge on any atom is -0.407 e. The quantitative estimate of drug-likeness (QED) is 0.131. The van der Waals surface area contributed by atoms with Crippen LogP contribution < -0.4 is 20.7 Å². The van der Waals surface area contributed by atoms with E-state index >= 15 is 0 Å². The third-order valence-electron chi connectivity index (χ3n) is 11.9. The van der Waals surface area contributed by atoms with Gasteiger partial charge in [0.25, 0.3) is 16.6 Å². The van der Waals surface area contributed by atoms with Crippen LogP contribution in [0.15, 0.2) is 140 Å². The average molecular weight is 753 g/mol. The molecule has 0 fully saturated rings. The summed E-state index contributed by atoms with van der Waals surface area (Å²) in [6, 6.07) is 44.0. The molecular formula is C46H56N4O2Si2. The van der Waals surface area contributed by atoms with E-state index in [0.29, 0.717) is 13.2 Å². The highest BCUT2D eigenvalue weighted by atomic mass is 28.4. The van der Waals surface area contributed by atoms with Crippen molar-refractivity contribution in [1.82, 2.24) is 19.1 Å². The van der Waals surface area contributed by atoms with Gasteiger partial charge in [0.05, 0.1) is 24.3 Å². The molecule has 280 valence electrons. The molecule has 4 aromatic carbocycles. The van der Waals surface area contributed by atoms with Crippen LogP contribution in [0.1, 0.15) is 64.5 Å². The van der Waals surface area contributed by atoms with E-state index in [2.05, 4.69) is 191 Å². The van der Waals surface area contributed by atoms with Gasteiger partial charge in [0.15, 0.2) is 0 Å². The zero-order valence-electron chi connectivity index (χ0n) is 33.2. The Balaban J connectivity index is 1.38. The molecule has 0 amide bonds. The molecule has 2 aromatic heterocycles. The first kappa shape index (κ1) is 37.9. The molecule has 0 aliphatic heterocycles. The number of nitrogens with zero attached hydrogens (tertiary/aromatic N) is 4. The first-order valence-corrected chi connectivity index (χ1v) is 23.2. The lowest BCUT2D eigenvalue weighted by Crippen LogP contribution is -2.67. The second-order valence-electron chi connectivity index (χ2n) is 17.2. The van der Waals surface area contributed by atoms with Gasteiger partial charge in [-0.3, -0.25) is 0 Å². The van der Waals surface area contributed by atoms with Gasteiger partial charge in [0, 0.05) is 50.8 Å². The van der Waals surface area contributed by atoms with Crippen LogP contribution in [0, 0.1) is 11.8 Å². The number of rotatable bonds is 11. The predicted octanol–water partition coefficient (Wildman–Crippen LogP) is 7.23. The van der Waals surface area contributed by atoms with Crippen molar-refractivity contribution >= 4 is 37.4 Å². The molecule has 0 unspecified atom stereocenters. The maximum absolute atomic E-state index is 7.82. The van der Waals surface area contributed by atoms with Gasteiger partial charge < -0.3 is 18.0 Å². The number of benzene rings is 4. The lowest BCUT2D eigenvalue weighted by Gasteiger charge is -2.47. The van der Waals surface area contributed by atoms with Crippen molar-refractivity contribution in [3.05, 3.63) is 157 Å². The molecule has 1 aliphatic carbocycles. The Bertz CT molecular complexity index is 2040. The minimum absolute atomic E-state index is 0.0200. The van der Waals surface area contributed by atoms with Crippen molar-refractivity contribution in [2.24, 2.45) is 25.9 Å². The Morgan fingerprint density at radius 2 is 1.02 bits per heavy atom. The van der Waals surface area contributed by atoms with E-state index in [1.165, 1.54) is 26.4 Å². The SMILES string of the molecule is Cn1cncc1[C@@H]1c2ncn(C)c2C[C@H](CO[Si](c2ccccc2)(c2ccccc2)C(C)(C)C)[C@H]1CO[Si](c1ccccc1)(c1ccccc1)C(C)(C)C. The number of hydrogen-bond acceptors (Lipinski definition) is 4. The summed E-state index contributed by atoms with van der Waals surface area (Å²) in [5, 5.41) is 4.88. The Labute approximate surface area is 324 Å². The molecule has 7 rings (SSSR count). The second kappa shape index (κ2) is 15.1. The molecule has 2 heterocycles. The largest absolute Gasteiger partial charge is 0.407 e. The van der Waals surface area contributed by atoms with E-state index in [0.717, 1.165) is 17.8 Å². The summed E-state index contributed by atoms with van der Waals surface area (Å²) in [5.74, 6) is 0.198. The summed E-state index contributed by atoms with van der Waals surface area (Å²) in [6.07, 6.45) is 6.79. The van der Waals surface area contributed by atoms with Crippen molar-refractivity contribution in [2.45, 2.75) is 64.0 Å². The van der Waals surface area contributed by atoms with Gasteiger partial charge >= 0.3 is 0 Å². The summed E-state index contributed by atoms with van der Waals surface area (Å²) >= 11 is 0. The lowest BCUT2D eigenvalue weighted by molar-refractivity contribution is 0.108. The highest BCUT2D eigenvalue weighted by Gasteiger charge is 2.54. The first-order valence-electron chi connectivity index (χ1n) is 19.3. The van der Waals surface area contributed by atoms with E-state index in [1.54, 1.807) is 0 Å². The van der Waals surface area contributed by atoms with Gasteiger partial charge in [-0.1, -0.05) is 163 Å². The monoisotopic (exact) mass is 752 g/mol. The van der Waals surface area contributed by atoms with Crippen LogP contribution in [0.2, 0.25) is 10.1 Å². The van der Waals surface area contributed by atoms with E-state index in [-0.39, 0.29) is 27.8 Å². The molecule has 3 atom stereocenters. The molecule has 0 saturated carbocycles. The number of hydrogen-bond donors (Lipinski definition) is 0. The molecule has 0 radical (unpaired) electrons. The van der Waals surface area contributed by atoms with Gasteiger partial charge in [0.1, 0.15) is 0 Å². The van der Waals surface area contributed by atoms with Gasteiger partial charge in [-0.25, -0.2) is 9.97 Å². The predicted molar refractivity (Wildman–Crippen MR) is 226 cm³/mol. The topological polar surface area (TPSA) is 54.1 Å². The van der Waals surface area contributed by atoms with Crippen molar-refractivity contribution in [2.75, 3.05) is 13.2 Å². The zero-order valence-corrected chi connectivity index (χ0v) is 35.2. The van der Waals surface area contributed by atoms with E-state index in [4.69, 9.17) is 13.8 Å². The Morgan fingerprint density at radius 3 is 1.41 bits per heavy atom. The molecule has 0 spiro atoms. The van der Waals surface area contributed by atoms with E-state index in [1.807, 2.05) is 18.9 Å². The fraction of sp³-hybridized carbons (Fsp3) is 0.348. The summed E-state index contributed by atoms with van der Waals surface area (Å²) in [4.78, 5) is 9.77. The molecule has 0 N–H and O–H groups in total. The third kappa shape index (κ3) is 6.68. The second-order valence-corrected chi connectivity index (χ2v) is 25.8. The average Bonchev–Trinajstić information content (AvgIpc) is 3.76.